The van der Waals surface area contributed by atoms with Crippen LogP contribution in [-0.4, -0.2) is 31.9 Å². The minimum Gasteiger partial charge on any atom is -0.478 e. The van der Waals surface area contributed by atoms with Crippen LogP contribution in [0.15, 0.2) is 48.7 Å². The van der Waals surface area contributed by atoms with Crippen LogP contribution in [0.2, 0.25) is 0 Å². The van der Waals surface area contributed by atoms with Crippen molar-refractivity contribution in [3.8, 4) is 0 Å². The molecule has 0 aliphatic rings. The first-order chi connectivity index (χ1) is 10.5. The van der Waals surface area contributed by atoms with Crippen molar-refractivity contribution in [2.75, 3.05) is 11.1 Å². The molecule has 0 aliphatic carbocycles. The normalized spacial score (nSPS) is 11.6. The predicted octanol–water partition coefficient (Wildman–Crippen LogP) is 1.67. The number of carbonyl (C=O) groups is 2. The molecule has 7 heteroatoms. The molecular formula is C15H14N2O4S. The Balaban J connectivity index is 1.87. The molecule has 1 aromatic heterocycles. The van der Waals surface area contributed by atoms with E-state index < -0.39 is 16.8 Å². The number of anilines is 1. The van der Waals surface area contributed by atoms with Crippen molar-refractivity contribution in [1.82, 2.24) is 4.98 Å². The summed E-state index contributed by atoms with van der Waals surface area (Å²) in [4.78, 5) is 26.4. The van der Waals surface area contributed by atoms with Crippen LogP contribution in [0.1, 0.15) is 15.9 Å². The number of hydrogen-bond acceptors (Lipinski definition) is 4. The van der Waals surface area contributed by atoms with Crippen LogP contribution in [0.4, 0.5) is 5.82 Å². The molecule has 114 valence electrons. The Hall–Kier alpha value is -2.54. The molecule has 6 nitrogen and oxygen atoms in total. The van der Waals surface area contributed by atoms with Crippen molar-refractivity contribution in [3.63, 3.8) is 0 Å². The third-order valence-corrected chi connectivity index (χ3v) is 3.99. The van der Waals surface area contributed by atoms with Gasteiger partial charge >= 0.3 is 5.97 Å². The Labute approximate surface area is 129 Å². The van der Waals surface area contributed by atoms with Gasteiger partial charge in [-0.15, -0.1) is 0 Å². The number of carboxylic acids is 1. The van der Waals surface area contributed by atoms with Crippen LogP contribution >= 0.6 is 0 Å². The monoisotopic (exact) mass is 318 g/mol. The van der Waals surface area contributed by atoms with Crippen molar-refractivity contribution in [2.45, 2.75) is 5.75 Å². The van der Waals surface area contributed by atoms with Crippen molar-refractivity contribution in [1.29, 1.82) is 0 Å². The van der Waals surface area contributed by atoms with Crippen LogP contribution in [0.25, 0.3) is 0 Å². The number of aromatic nitrogens is 1. The Morgan fingerprint density at radius 2 is 1.86 bits per heavy atom. The third-order valence-electron chi connectivity index (χ3n) is 2.75. The summed E-state index contributed by atoms with van der Waals surface area (Å²) in [5.74, 6) is -0.927. The number of rotatable bonds is 6. The lowest BCUT2D eigenvalue weighted by Crippen LogP contribution is -2.20. The first-order valence-corrected chi connectivity index (χ1v) is 7.91. The van der Waals surface area contributed by atoms with Gasteiger partial charge < -0.3 is 10.4 Å². The minimum absolute atomic E-state index is 0.142. The number of aromatic carboxylic acids is 1. The van der Waals surface area contributed by atoms with Gasteiger partial charge in [0.15, 0.2) is 0 Å². The summed E-state index contributed by atoms with van der Waals surface area (Å²) in [6.45, 7) is 0. The summed E-state index contributed by atoms with van der Waals surface area (Å²) in [7, 11) is -1.38. The number of carboxylic acid groups (broad SMARTS) is 1. The maximum atomic E-state index is 11.9. The summed E-state index contributed by atoms with van der Waals surface area (Å²) < 4.78 is 11.9. The van der Waals surface area contributed by atoms with E-state index in [1.54, 1.807) is 36.5 Å². The van der Waals surface area contributed by atoms with Gasteiger partial charge in [-0.1, -0.05) is 18.2 Å². The zero-order valence-corrected chi connectivity index (χ0v) is 12.4. The van der Waals surface area contributed by atoms with Crippen LogP contribution in [0.3, 0.4) is 0 Å². The molecule has 0 fully saturated rings. The zero-order valence-electron chi connectivity index (χ0n) is 11.6. The van der Waals surface area contributed by atoms with E-state index >= 15 is 0 Å². The highest BCUT2D eigenvalue weighted by Gasteiger charge is 2.10. The number of carbonyl (C=O) groups excluding carboxylic acids is 1. The number of nitrogens with one attached hydrogen (secondary N) is 1. The molecule has 0 radical (unpaired) electrons. The highest BCUT2D eigenvalue weighted by atomic mass is 32.2. The Morgan fingerprint density at radius 3 is 2.45 bits per heavy atom. The quantitative estimate of drug-likeness (QED) is 0.844. The van der Waals surface area contributed by atoms with E-state index in [4.69, 9.17) is 5.11 Å². The van der Waals surface area contributed by atoms with Gasteiger partial charge in [-0.3, -0.25) is 9.00 Å². The number of hydrogen-bond donors (Lipinski definition) is 2. The van der Waals surface area contributed by atoms with Crippen LogP contribution in [0, 0.1) is 0 Å². The van der Waals surface area contributed by atoms with E-state index in [0.717, 1.165) is 0 Å². The van der Waals surface area contributed by atoms with Crippen molar-refractivity contribution in [3.05, 3.63) is 59.8 Å². The summed E-state index contributed by atoms with van der Waals surface area (Å²) in [6, 6.07) is 11.2. The molecule has 2 rings (SSSR count). The average molecular weight is 318 g/mol. The Bertz CT molecular complexity index is 686. The molecule has 1 aromatic carbocycles. The molecule has 1 atom stereocenters. The maximum Gasteiger partial charge on any atom is 0.335 e. The third kappa shape index (κ3) is 4.78. The molecule has 0 saturated heterocycles. The summed E-state index contributed by atoms with van der Waals surface area (Å²) >= 11 is 0. The van der Waals surface area contributed by atoms with E-state index in [-0.39, 0.29) is 23.0 Å². The average Bonchev–Trinajstić information content (AvgIpc) is 2.48. The maximum absolute atomic E-state index is 11.9. The Kier molecular flexibility index (Phi) is 5.37. The highest BCUT2D eigenvalue weighted by Crippen LogP contribution is 2.08. The minimum atomic E-state index is -1.38. The first kappa shape index (κ1) is 15.8. The summed E-state index contributed by atoms with van der Waals surface area (Å²) in [5, 5.41) is 11.4. The molecule has 0 saturated carbocycles. The second-order valence-corrected chi connectivity index (χ2v) is 5.95. The second kappa shape index (κ2) is 7.46. The molecule has 2 N–H and O–H groups in total. The van der Waals surface area contributed by atoms with E-state index in [1.165, 1.54) is 12.1 Å². The molecule has 1 amide bonds. The van der Waals surface area contributed by atoms with Gasteiger partial charge in [-0.05, 0) is 29.8 Å². The predicted molar refractivity (Wildman–Crippen MR) is 83.0 cm³/mol. The van der Waals surface area contributed by atoms with Crippen molar-refractivity contribution < 1.29 is 18.9 Å². The van der Waals surface area contributed by atoms with Gasteiger partial charge in [0.1, 0.15) is 11.6 Å². The van der Waals surface area contributed by atoms with Gasteiger partial charge in [0.2, 0.25) is 5.91 Å². The first-order valence-electron chi connectivity index (χ1n) is 6.42. The molecular weight excluding hydrogens is 304 g/mol. The van der Waals surface area contributed by atoms with E-state index in [2.05, 4.69) is 10.3 Å². The zero-order chi connectivity index (χ0) is 15.9. The van der Waals surface area contributed by atoms with E-state index in [9.17, 15) is 13.8 Å². The van der Waals surface area contributed by atoms with E-state index in [0.29, 0.717) is 11.4 Å². The fourth-order valence-corrected chi connectivity index (χ4v) is 2.77. The lowest BCUT2D eigenvalue weighted by Gasteiger charge is -2.05. The summed E-state index contributed by atoms with van der Waals surface area (Å²) in [6.07, 6.45) is 1.55. The Morgan fingerprint density at radius 1 is 1.14 bits per heavy atom. The van der Waals surface area contributed by atoms with Gasteiger partial charge in [0, 0.05) is 22.7 Å². The van der Waals surface area contributed by atoms with Crippen LogP contribution < -0.4 is 5.32 Å². The van der Waals surface area contributed by atoms with Gasteiger partial charge in [0.25, 0.3) is 0 Å². The number of benzene rings is 1. The van der Waals surface area contributed by atoms with Crippen molar-refractivity contribution >= 4 is 28.5 Å². The second-order valence-electron chi connectivity index (χ2n) is 4.49. The molecule has 22 heavy (non-hydrogen) atoms. The fraction of sp³-hybridized carbons (Fsp3) is 0.133. The molecule has 1 heterocycles. The van der Waals surface area contributed by atoms with Gasteiger partial charge in [-0.25, -0.2) is 9.78 Å². The molecule has 1 unspecified atom stereocenters. The molecule has 0 aliphatic heterocycles. The number of amides is 1. The standard InChI is InChI=1S/C15H14N2O4S/c18-14(17-13-3-1-2-8-16-13)10-22(21)9-11-4-6-12(7-5-11)15(19)20/h1-8H,9-10H2,(H,19,20)(H,16,17,18). The van der Waals surface area contributed by atoms with Crippen LogP contribution in [-0.2, 0) is 21.3 Å². The van der Waals surface area contributed by atoms with Crippen LogP contribution in [0.5, 0.6) is 0 Å². The van der Waals surface area contributed by atoms with Gasteiger partial charge in [0.05, 0.1) is 5.56 Å². The lowest BCUT2D eigenvalue weighted by atomic mass is 10.1. The molecule has 0 spiro atoms. The fourth-order valence-electron chi connectivity index (χ4n) is 1.74. The SMILES string of the molecule is O=C(CS(=O)Cc1ccc(C(=O)O)cc1)Nc1ccccn1. The smallest absolute Gasteiger partial charge is 0.335 e. The lowest BCUT2D eigenvalue weighted by molar-refractivity contribution is -0.113. The summed E-state index contributed by atoms with van der Waals surface area (Å²) in [5.41, 5.74) is 0.886. The topological polar surface area (TPSA) is 96.4 Å². The number of pyridine rings is 1. The van der Waals surface area contributed by atoms with Gasteiger partial charge in [-0.2, -0.15) is 0 Å². The van der Waals surface area contributed by atoms with E-state index in [1.807, 2.05) is 0 Å². The van der Waals surface area contributed by atoms with Crippen molar-refractivity contribution in [2.24, 2.45) is 0 Å². The molecule has 2 aromatic rings. The molecule has 0 bridgehead atoms. The number of nitrogens with zero attached hydrogens (tertiary/aromatic N) is 1. The largest absolute Gasteiger partial charge is 0.478 e. The highest BCUT2D eigenvalue weighted by molar-refractivity contribution is 7.84.